The van der Waals surface area contributed by atoms with Gasteiger partial charge in [-0.05, 0) is 51.9 Å². The molecule has 0 aromatic rings. The number of rotatable bonds is 12. The van der Waals surface area contributed by atoms with Gasteiger partial charge < -0.3 is 24.4 Å². The lowest BCUT2D eigenvalue weighted by molar-refractivity contribution is -0.160. The van der Waals surface area contributed by atoms with Crippen molar-refractivity contribution in [1.29, 1.82) is 0 Å². The SMILES string of the molecule is C=CCOC(=O)[C@@H]1[C@H]2C(=O)N(CCCCCO)C(C(=O)N(CC=C)C3CCCCC3)C23CC[C@@]1(C)O3. The Balaban J connectivity index is 1.70. The molecule has 2 bridgehead atoms. The van der Waals surface area contributed by atoms with E-state index in [-0.39, 0.29) is 31.1 Å². The fourth-order valence-corrected chi connectivity index (χ4v) is 7.21. The number of ether oxygens (including phenoxy) is 2. The minimum Gasteiger partial charge on any atom is -0.461 e. The second-order valence-corrected chi connectivity index (χ2v) is 11.0. The van der Waals surface area contributed by atoms with Crippen molar-refractivity contribution in [3.8, 4) is 0 Å². The Morgan fingerprint density at radius 3 is 2.58 bits per heavy atom. The molecule has 8 nitrogen and oxygen atoms in total. The van der Waals surface area contributed by atoms with E-state index in [1.807, 2.05) is 11.8 Å². The molecule has 2 unspecified atom stereocenters. The lowest BCUT2D eigenvalue weighted by atomic mass is 9.66. The van der Waals surface area contributed by atoms with Crippen LogP contribution in [0.25, 0.3) is 0 Å². The summed E-state index contributed by atoms with van der Waals surface area (Å²) >= 11 is 0. The molecule has 1 spiro atoms. The van der Waals surface area contributed by atoms with Crippen molar-refractivity contribution in [3.05, 3.63) is 25.3 Å². The quantitative estimate of drug-likeness (QED) is 0.250. The number of amides is 2. The molecule has 4 aliphatic rings. The predicted molar refractivity (Wildman–Crippen MR) is 135 cm³/mol. The van der Waals surface area contributed by atoms with Gasteiger partial charge in [0.15, 0.2) is 0 Å². The Labute approximate surface area is 214 Å². The van der Waals surface area contributed by atoms with Gasteiger partial charge in [-0.2, -0.15) is 0 Å². The molecule has 1 N–H and O–H groups in total. The van der Waals surface area contributed by atoms with Crippen LogP contribution in [-0.2, 0) is 23.9 Å². The van der Waals surface area contributed by atoms with Crippen LogP contribution in [0.5, 0.6) is 0 Å². The minimum atomic E-state index is -1.04. The fraction of sp³-hybridized carbons (Fsp3) is 0.750. The highest BCUT2D eigenvalue weighted by atomic mass is 16.6. The van der Waals surface area contributed by atoms with E-state index in [1.54, 1.807) is 11.0 Å². The van der Waals surface area contributed by atoms with E-state index in [4.69, 9.17) is 9.47 Å². The molecular formula is C28H42N2O6. The number of hydrogen-bond donors (Lipinski definition) is 1. The molecule has 4 fully saturated rings. The molecule has 8 heteroatoms. The summed E-state index contributed by atoms with van der Waals surface area (Å²) in [6.07, 6.45) is 11.7. The highest BCUT2D eigenvalue weighted by Gasteiger charge is 2.78. The van der Waals surface area contributed by atoms with Crippen LogP contribution in [0.15, 0.2) is 25.3 Å². The summed E-state index contributed by atoms with van der Waals surface area (Å²) in [5.74, 6) is -2.23. The average Bonchev–Trinajstić information content (AvgIpc) is 3.44. The van der Waals surface area contributed by atoms with Gasteiger partial charge in [0.25, 0.3) is 0 Å². The zero-order chi connectivity index (χ0) is 25.9. The fourth-order valence-electron chi connectivity index (χ4n) is 7.21. The van der Waals surface area contributed by atoms with Crippen molar-refractivity contribution in [2.24, 2.45) is 11.8 Å². The van der Waals surface area contributed by atoms with Gasteiger partial charge in [0.05, 0.1) is 11.5 Å². The number of fused-ring (bicyclic) bond motifs is 1. The summed E-state index contributed by atoms with van der Waals surface area (Å²) in [6, 6.07) is -0.654. The number of hydrogen-bond acceptors (Lipinski definition) is 6. The molecule has 1 saturated carbocycles. The van der Waals surface area contributed by atoms with Gasteiger partial charge in [-0.15, -0.1) is 6.58 Å². The van der Waals surface area contributed by atoms with Crippen LogP contribution in [0.4, 0.5) is 0 Å². The second-order valence-electron chi connectivity index (χ2n) is 11.0. The summed E-state index contributed by atoms with van der Waals surface area (Å²) in [5.41, 5.74) is -1.87. The van der Waals surface area contributed by atoms with Crippen molar-refractivity contribution in [2.75, 3.05) is 26.3 Å². The van der Waals surface area contributed by atoms with E-state index in [1.165, 1.54) is 12.5 Å². The number of aliphatic hydroxyl groups is 1. The van der Waals surface area contributed by atoms with E-state index < -0.39 is 35.0 Å². The highest BCUT2D eigenvalue weighted by Crippen LogP contribution is 2.63. The standard InChI is InChI=1S/C28H42N2O6/c1-4-16-29(20-12-8-6-9-13-20)25(33)23-28-15-14-27(3,36-28)22(26(34)35-19-5-2)21(28)24(32)30(23)17-10-7-11-18-31/h4-5,20-23,31H,1-2,6-19H2,3H3/t21-,22-,23?,27+,28?/m0/s1. The monoisotopic (exact) mass is 502 g/mol. The van der Waals surface area contributed by atoms with Crippen molar-refractivity contribution in [2.45, 2.75) is 94.4 Å². The predicted octanol–water partition coefficient (Wildman–Crippen LogP) is 2.99. The molecular weight excluding hydrogens is 460 g/mol. The van der Waals surface area contributed by atoms with Crippen LogP contribution in [0, 0.1) is 11.8 Å². The number of nitrogens with zero attached hydrogens (tertiary/aromatic N) is 2. The van der Waals surface area contributed by atoms with E-state index in [9.17, 15) is 19.5 Å². The van der Waals surface area contributed by atoms with E-state index in [2.05, 4.69) is 13.2 Å². The first-order valence-corrected chi connectivity index (χ1v) is 13.6. The molecule has 200 valence electrons. The Kier molecular flexibility index (Phi) is 8.25. The number of aliphatic hydroxyl groups excluding tert-OH is 1. The van der Waals surface area contributed by atoms with Gasteiger partial charge >= 0.3 is 5.97 Å². The first-order chi connectivity index (χ1) is 17.3. The normalized spacial score (nSPS) is 33.4. The molecule has 0 radical (unpaired) electrons. The van der Waals surface area contributed by atoms with Gasteiger partial charge in [-0.25, -0.2) is 0 Å². The summed E-state index contributed by atoms with van der Waals surface area (Å²) in [6.45, 7) is 10.4. The summed E-state index contributed by atoms with van der Waals surface area (Å²) in [5, 5.41) is 9.21. The van der Waals surface area contributed by atoms with Crippen molar-refractivity contribution in [1.82, 2.24) is 9.80 Å². The molecule has 3 heterocycles. The smallest absolute Gasteiger partial charge is 0.313 e. The molecule has 4 rings (SSSR count). The molecule has 0 aromatic carbocycles. The van der Waals surface area contributed by atoms with E-state index >= 15 is 0 Å². The van der Waals surface area contributed by atoms with Crippen LogP contribution >= 0.6 is 0 Å². The third-order valence-electron chi connectivity index (χ3n) is 8.79. The third-order valence-corrected chi connectivity index (χ3v) is 8.79. The van der Waals surface area contributed by atoms with Gasteiger partial charge in [0, 0.05) is 25.7 Å². The van der Waals surface area contributed by atoms with Crippen molar-refractivity contribution < 1.29 is 29.0 Å². The Hall–Kier alpha value is -2.19. The van der Waals surface area contributed by atoms with Crippen LogP contribution in [0.3, 0.4) is 0 Å². The maximum atomic E-state index is 14.4. The number of carbonyl (C=O) groups is 3. The Bertz CT molecular complexity index is 870. The van der Waals surface area contributed by atoms with Crippen LogP contribution in [0.2, 0.25) is 0 Å². The molecule has 36 heavy (non-hydrogen) atoms. The first-order valence-electron chi connectivity index (χ1n) is 13.6. The zero-order valence-corrected chi connectivity index (χ0v) is 21.7. The van der Waals surface area contributed by atoms with Gasteiger partial charge in [0.2, 0.25) is 11.8 Å². The van der Waals surface area contributed by atoms with Gasteiger partial charge in [-0.1, -0.05) is 38.0 Å². The molecule has 0 aromatic heterocycles. The zero-order valence-electron chi connectivity index (χ0n) is 21.7. The number of unbranched alkanes of at least 4 members (excludes halogenated alkanes) is 2. The lowest BCUT2D eigenvalue weighted by Gasteiger charge is -2.40. The van der Waals surface area contributed by atoms with E-state index in [0.717, 1.165) is 32.1 Å². The maximum Gasteiger partial charge on any atom is 0.313 e. The van der Waals surface area contributed by atoms with E-state index in [0.29, 0.717) is 38.8 Å². The van der Waals surface area contributed by atoms with Gasteiger partial charge in [0.1, 0.15) is 24.2 Å². The van der Waals surface area contributed by atoms with Crippen LogP contribution in [0.1, 0.15) is 71.1 Å². The van der Waals surface area contributed by atoms with Crippen LogP contribution < -0.4 is 0 Å². The minimum absolute atomic E-state index is 0.0708. The first kappa shape index (κ1) is 26.9. The average molecular weight is 503 g/mol. The number of carbonyl (C=O) groups excluding carboxylic acids is 3. The molecule has 5 atom stereocenters. The third kappa shape index (κ3) is 4.51. The summed E-state index contributed by atoms with van der Waals surface area (Å²) < 4.78 is 12.1. The number of esters is 1. The topological polar surface area (TPSA) is 96.4 Å². The largest absolute Gasteiger partial charge is 0.461 e. The Morgan fingerprint density at radius 2 is 1.92 bits per heavy atom. The molecule has 3 saturated heterocycles. The molecule has 3 aliphatic heterocycles. The molecule has 1 aliphatic carbocycles. The Morgan fingerprint density at radius 1 is 1.17 bits per heavy atom. The summed E-state index contributed by atoms with van der Waals surface area (Å²) in [7, 11) is 0. The van der Waals surface area contributed by atoms with Crippen LogP contribution in [-0.4, -0.2) is 82.3 Å². The van der Waals surface area contributed by atoms with Gasteiger partial charge in [-0.3, -0.25) is 14.4 Å². The molecule has 2 amide bonds. The second kappa shape index (κ2) is 11.1. The van der Waals surface area contributed by atoms with Crippen molar-refractivity contribution in [3.63, 3.8) is 0 Å². The number of likely N-dealkylation sites (tertiary alicyclic amines) is 1. The maximum absolute atomic E-state index is 14.4. The van der Waals surface area contributed by atoms with Crippen molar-refractivity contribution >= 4 is 17.8 Å². The highest BCUT2D eigenvalue weighted by molar-refractivity contribution is 5.98. The lowest BCUT2D eigenvalue weighted by Crippen LogP contribution is -2.58. The summed E-state index contributed by atoms with van der Waals surface area (Å²) in [4.78, 5) is 45.2.